The maximum atomic E-state index is 12.2. The lowest BCUT2D eigenvalue weighted by Crippen LogP contribution is -2.36. The molecule has 1 aromatic heterocycles. The number of rotatable bonds is 3. The maximum absolute atomic E-state index is 12.2. The standard InChI is InChI=1S/C19H21N3O4S/c1-25-18(24)13-4-2-3-12(9-13)14-10-16(23)20-11-15-17(14)27-19(21-15)22-5-7-26-8-6-22/h2-4,9,14H,5-8,10-11H2,1H3,(H,20,23)/t14-/m1/s1. The normalized spacial score (nSPS) is 19.8. The summed E-state index contributed by atoms with van der Waals surface area (Å²) in [7, 11) is 1.37. The predicted octanol–water partition coefficient (Wildman–Crippen LogP) is 1.92. The summed E-state index contributed by atoms with van der Waals surface area (Å²) in [6, 6.07) is 7.31. The number of thiazole rings is 1. The molecule has 1 amide bonds. The monoisotopic (exact) mass is 387 g/mol. The molecule has 0 radical (unpaired) electrons. The van der Waals surface area contributed by atoms with E-state index in [-0.39, 0.29) is 17.8 Å². The molecule has 2 aromatic rings. The Kier molecular flexibility index (Phi) is 5.09. The van der Waals surface area contributed by atoms with Gasteiger partial charge < -0.3 is 19.7 Å². The van der Waals surface area contributed by atoms with Crippen LogP contribution in [0, 0.1) is 0 Å². The fourth-order valence-electron chi connectivity index (χ4n) is 3.44. The van der Waals surface area contributed by atoms with Crippen molar-refractivity contribution in [3.8, 4) is 0 Å². The Balaban J connectivity index is 1.71. The minimum absolute atomic E-state index is 0.0124. The number of ether oxygens (including phenoxy) is 2. The Bertz CT molecular complexity index is 860. The number of fused-ring (bicyclic) bond motifs is 1. The summed E-state index contributed by atoms with van der Waals surface area (Å²) in [5.41, 5.74) is 2.31. The average Bonchev–Trinajstić information content (AvgIpc) is 3.08. The first kappa shape index (κ1) is 17.9. The smallest absolute Gasteiger partial charge is 0.337 e. The van der Waals surface area contributed by atoms with Gasteiger partial charge in [0.05, 0.1) is 38.1 Å². The third-order valence-electron chi connectivity index (χ3n) is 4.87. The highest BCUT2D eigenvalue weighted by Gasteiger charge is 2.29. The molecule has 3 heterocycles. The Morgan fingerprint density at radius 2 is 2.19 bits per heavy atom. The SMILES string of the molecule is COC(=O)c1cccc([C@H]2CC(=O)NCc3nc(N4CCOCC4)sc32)c1. The molecule has 2 aliphatic rings. The second-order valence-electron chi connectivity index (χ2n) is 6.56. The van der Waals surface area contributed by atoms with Crippen LogP contribution in [0.15, 0.2) is 24.3 Å². The van der Waals surface area contributed by atoms with E-state index in [1.165, 1.54) is 7.11 Å². The van der Waals surface area contributed by atoms with Crippen molar-refractivity contribution in [1.29, 1.82) is 0 Å². The molecule has 1 saturated heterocycles. The summed E-state index contributed by atoms with van der Waals surface area (Å²) in [6.07, 6.45) is 0.336. The maximum Gasteiger partial charge on any atom is 0.337 e. The van der Waals surface area contributed by atoms with Crippen LogP contribution in [0.5, 0.6) is 0 Å². The number of esters is 1. The zero-order chi connectivity index (χ0) is 18.8. The fourth-order valence-corrected chi connectivity index (χ4v) is 4.70. The topological polar surface area (TPSA) is 80.8 Å². The summed E-state index contributed by atoms with van der Waals surface area (Å²) < 4.78 is 10.3. The number of aromatic nitrogens is 1. The molecule has 0 spiro atoms. The van der Waals surface area contributed by atoms with Gasteiger partial charge in [0.1, 0.15) is 0 Å². The number of hydrogen-bond acceptors (Lipinski definition) is 7. The van der Waals surface area contributed by atoms with Gasteiger partial charge in [0.15, 0.2) is 5.13 Å². The van der Waals surface area contributed by atoms with E-state index in [0.717, 1.165) is 34.4 Å². The molecular formula is C19H21N3O4S. The summed E-state index contributed by atoms with van der Waals surface area (Å²) in [5.74, 6) is -0.519. The third-order valence-corrected chi connectivity index (χ3v) is 6.14. The number of methoxy groups -OCH3 is 1. The molecule has 0 unspecified atom stereocenters. The molecule has 27 heavy (non-hydrogen) atoms. The first-order chi connectivity index (χ1) is 13.2. The highest BCUT2D eigenvalue weighted by molar-refractivity contribution is 7.15. The molecule has 142 valence electrons. The number of nitrogens with one attached hydrogen (secondary N) is 1. The molecule has 2 aliphatic heterocycles. The van der Waals surface area contributed by atoms with Crippen LogP contribution in [-0.4, -0.2) is 50.3 Å². The lowest BCUT2D eigenvalue weighted by Gasteiger charge is -2.26. The molecular weight excluding hydrogens is 366 g/mol. The van der Waals surface area contributed by atoms with E-state index in [9.17, 15) is 9.59 Å². The lowest BCUT2D eigenvalue weighted by molar-refractivity contribution is -0.121. The van der Waals surface area contributed by atoms with Crippen molar-refractivity contribution in [3.05, 3.63) is 46.0 Å². The summed E-state index contributed by atoms with van der Waals surface area (Å²) in [5, 5.41) is 3.90. The van der Waals surface area contributed by atoms with E-state index in [2.05, 4.69) is 10.2 Å². The first-order valence-electron chi connectivity index (χ1n) is 8.93. The van der Waals surface area contributed by atoms with Gasteiger partial charge in [-0.1, -0.05) is 12.1 Å². The lowest BCUT2D eigenvalue weighted by atomic mass is 9.92. The van der Waals surface area contributed by atoms with Crippen molar-refractivity contribution in [2.45, 2.75) is 18.9 Å². The van der Waals surface area contributed by atoms with Gasteiger partial charge in [-0.3, -0.25) is 4.79 Å². The molecule has 1 aromatic carbocycles. The highest BCUT2D eigenvalue weighted by atomic mass is 32.1. The van der Waals surface area contributed by atoms with Crippen molar-refractivity contribution in [1.82, 2.24) is 10.3 Å². The van der Waals surface area contributed by atoms with Gasteiger partial charge in [-0.15, -0.1) is 11.3 Å². The summed E-state index contributed by atoms with van der Waals surface area (Å²) in [4.78, 5) is 32.3. The van der Waals surface area contributed by atoms with Gasteiger partial charge in [0.25, 0.3) is 0 Å². The van der Waals surface area contributed by atoms with Crippen molar-refractivity contribution in [3.63, 3.8) is 0 Å². The number of carbonyl (C=O) groups is 2. The first-order valence-corrected chi connectivity index (χ1v) is 9.74. The Morgan fingerprint density at radius 3 is 2.96 bits per heavy atom. The van der Waals surface area contributed by atoms with Crippen molar-refractivity contribution < 1.29 is 19.1 Å². The number of hydrogen-bond donors (Lipinski definition) is 1. The van der Waals surface area contributed by atoms with Crippen LogP contribution in [0.3, 0.4) is 0 Å². The molecule has 0 bridgehead atoms. The van der Waals surface area contributed by atoms with Gasteiger partial charge in [-0.05, 0) is 17.7 Å². The average molecular weight is 387 g/mol. The molecule has 8 heteroatoms. The van der Waals surface area contributed by atoms with Crippen LogP contribution in [0.2, 0.25) is 0 Å². The minimum atomic E-state index is -0.381. The van der Waals surface area contributed by atoms with Crippen LogP contribution in [0.4, 0.5) is 5.13 Å². The number of benzene rings is 1. The molecule has 4 rings (SSSR count). The van der Waals surface area contributed by atoms with E-state index in [1.807, 2.05) is 18.2 Å². The molecule has 1 atom stereocenters. The van der Waals surface area contributed by atoms with Gasteiger partial charge in [-0.2, -0.15) is 0 Å². The van der Waals surface area contributed by atoms with Gasteiger partial charge in [-0.25, -0.2) is 9.78 Å². The van der Waals surface area contributed by atoms with E-state index in [4.69, 9.17) is 14.5 Å². The number of morpholine rings is 1. The van der Waals surface area contributed by atoms with E-state index >= 15 is 0 Å². The third kappa shape index (κ3) is 3.68. The molecule has 0 saturated carbocycles. The highest BCUT2D eigenvalue weighted by Crippen LogP contribution is 2.39. The second kappa shape index (κ2) is 7.66. The van der Waals surface area contributed by atoms with Crippen LogP contribution in [-0.2, 0) is 20.8 Å². The Hall–Kier alpha value is -2.45. The second-order valence-corrected chi connectivity index (χ2v) is 7.57. The number of nitrogens with zero attached hydrogens (tertiary/aromatic N) is 2. The fraction of sp³-hybridized carbons (Fsp3) is 0.421. The van der Waals surface area contributed by atoms with E-state index in [1.54, 1.807) is 17.4 Å². The van der Waals surface area contributed by atoms with E-state index in [0.29, 0.717) is 31.7 Å². The van der Waals surface area contributed by atoms with Crippen molar-refractivity contribution in [2.24, 2.45) is 0 Å². The number of carbonyl (C=O) groups excluding carboxylic acids is 2. The molecule has 1 fully saturated rings. The molecule has 0 aliphatic carbocycles. The molecule has 7 nitrogen and oxygen atoms in total. The van der Waals surface area contributed by atoms with Crippen LogP contribution in [0.25, 0.3) is 0 Å². The van der Waals surface area contributed by atoms with E-state index < -0.39 is 0 Å². The number of amides is 1. The van der Waals surface area contributed by atoms with Crippen LogP contribution < -0.4 is 10.2 Å². The Labute approximate surface area is 161 Å². The predicted molar refractivity (Wildman–Crippen MR) is 101 cm³/mol. The number of anilines is 1. The zero-order valence-corrected chi connectivity index (χ0v) is 15.9. The molecule has 1 N–H and O–H groups in total. The summed E-state index contributed by atoms with van der Waals surface area (Å²) in [6.45, 7) is 3.47. The van der Waals surface area contributed by atoms with Crippen molar-refractivity contribution in [2.75, 3.05) is 38.3 Å². The van der Waals surface area contributed by atoms with Crippen molar-refractivity contribution >= 4 is 28.3 Å². The van der Waals surface area contributed by atoms with Gasteiger partial charge >= 0.3 is 5.97 Å². The van der Waals surface area contributed by atoms with Crippen LogP contribution >= 0.6 is 11.3 Å². The quantitative estimate of drug-likeness (QED) is 0.811. The summed E-state index contributed by atoms with van der Waals surface area (Å²) >= 11 is 1.63. The Morgan fingerprint density at radius 1 is 1.37 bits per heavy atom. The van der Waals surface area contributed by atoms with Crippen LogP contribution in [0.1, 0.15) is 38.8 Å². The zero-order valence-electron chi connectivity index (χ0n) is 15.1. The largest absolute Gasteiger partial charge is 0.465 e. The van der Waals surface area contributed by atoms with Gasteiger partial charge in [0, 0.05) is 30.3 Å². The minimum Gasteiger partial charge on any atom is -0.465 e. The van der Waals surface area contributed by atoms with Gasteiger partial charge in [0.2, 0.25) is 5.91 Å².